The molecule has 33 heavy (non-hydrogen) atoms. The maximum absolute atomic E-state index is 13.0. The van der Waals surface area contributed by atoms with Gasteiger partial charge in [0.2, 0.25) is 5.91 Å². The molecule has 0 aliphatic heterocycles. The van der Waals surface area contributed by atoms with Gasteiger partial charge >= 0.3 is 0 Å². The molecule has 0 fully saturated rings. The van der Waals surface area contributed by atoms with Gasteiger partial charge in [-0.15, -0.1) is 0 Å². The Balaban J connectivity index is 1.79. The first-order valence-electron chi connectivity index (χ1n) is 10.4. The summed E-state index contributed by atoms with van der Waals surface area (Å²) in [5, 5.41) is 8.86. The number of aromatic nitrogens is 3. The number of benzene rings is 2. The van der Waals surface area contributed by atoms with Gasteiger partial charge < -0.3 is 5.32 Å². The second kappa shape index (κ2) is 8.67. The van der Waals surface area contributed by atoms with E-state index in [1.54, 1.807) is 35.0 Å². The van der Waals surface area contributed by atoms with E-state index in [1.165, 1.54) is 17.6 Å². The Labute approximate surface area is 195 Å². The number of Topliss-reactive ketones (excluding diaryl/α,β-unsaturated/α-hetero) is 1. The third kappa shape index (κ3) is 4.19. The lowest BCUT2D eigenvalue weighted by atomic mass is 10.1. The molecule has 8 heteroatoms. The van der Waals surface area contributed by atoms with Crippen LogP contribution in [0.3, 0.4) is 0 Å². The fourth-order valence-corrected chi connectivity index (χ4v) is 4.11. The Morgan fingerprint density at radius 2 is 1.76 bits per heavy atom. The number of carbonyl (C=O) groups excluding carboxylic acids is 2. The molecule has 1 amide bonds. The number of rotatable bonds is 5. The van der Waals surface area contributed by atoms with Crippen molar-refractivity contribution in [2.24, 2.45) is 0 Å². The van der Waals surface area contributed by atoms with Crippen LogP contribution in [0.4, 0.5) is 5.69 Å². The zero-order chi connectivity index (χ0) is 23.9. The summed E-state index contributed by atoms with van der Waals surface area (Å²) in [6.45, 7) is 6.89. The highest BCUT2D eigenvalue weighted by molar-refractivity contribution is 6.31. The predicted molar refractivity (Wildman–Crippen MR) is 130 cm³/mol. The van der Waals surface area contributed by atoms with Crippen molar-refractivity contribution in [1.82, 2.24) is 14.3 Å². The minimum Gasteiger partial charge on any atom is -0.325 e. The van der Waals surface area contributed by atoms with E-state index in [0.29, 0.717) is 21.9 Å². The molecule has 4 rings (SSSR count). The summed E-state index contributed by atoms with van der Waals surface area (Å²) in [5.41, 5.74) is 4.41. The largest absolute Gasteiger partial charge is 0.325 e. The molecule has 0 atom stereocenters. The molecule has 0 unspecified atom stereocenters. The first-order chi connectivity index (χ1) is 15.7. The van der Waals surface area contributed by atoms with E-state index >= 15 is 0 Å². The molecule has 2 heterocycles. The molecule has 0 bridgehead atoms. The fourth-order valence-electron chi connectivity index (χ4n) is 3.94. The Kier molecular flexibility index (Phi) is 5.91. The van der Waals surface area contributed by atoms with Crippen LogP contribution in [-0.2, 0) is 11.3 Å². The van der Waals surface area contributed by atoms with Gasteiger partial charge in [0, 0.05) is 27.7 Å². The third-order valence-electron chi connectivity index (χ3n) is 5.64. The summed E-state index contributed by atoms with van der Waals surface area (Å²) in [5.74, 6) is -0.424. The van der Waals surface area contributed by atoms with Crippen LogP contribution in [0.5, 0.6) is 0 Å². The SMILES string of the molecule is CC(=O)c1ccc(NC(=O)Cn2c(=O)cc(C)c3c(C)nn(-c4cccc(Cl)c4C)c32)cc1. The summed E-state index contributed by atoms with van der Waals surface area (Å²) in [6, 6.07) is 13.6. The van der Waals surface area contributed by atoms with Gasteiger partial charge in [-0.25, -0.2) is 4.68 Å². The van der Waals surface area contributed by atoms with E-state index in [0.717, 1.165) is 27.9 Å². The van der Waals surface area contributed by atoms with Crippen molar-refractivity contribution >= 4 is 40.0 Å². The minimum atomic E-state index is -0.369. The summed E-state index contributed by atoms with van der Waals surface area (Å²) in [6.07, 6.45) is 0. The molecule has 0 aliphatic carbocycles. The maximum atomic E-state index is 13.0. The molecule has 7 nitrogen and oxygen atoms in total. The number of amides is 1. The first kappa shape index (κ1) is 22.5. The van der Waals surface area contributed by atoms with E-state index in [1.807, 2.05) is 32.9 Å². The highest BCUT2D eigenvalue weighted by Gasteiger charge is 2.20. The van der Waals surface area contributed by atoms with Crippen LogP contribution in [0, 0.1) is 20.8 Å². The maximum Gasteiger partial charge on any atom is 0.252 e. The molecule has 0 radical (unpaired) electrons. The summed E-state index contributed by atoms with van der Waals surface area (Å²) >= 11 is 6.33. The molecule has 0 aliphatic rings. The van der Waals surface area contributed by atoms with Crippen LogP contribution in [0.25, 0.3) is 16.7 Å². The molecule has 1 N–H and O–H groups in total. The molecule has 0 saturated heterocycles. The average molecular weight is 463 g/mol. The van der Waals surface area contributed by atoms with E-state index in [2.05, 4.69) is 10.4 Å². The lowest BCUT2D eigenvalue weighted by Crippen LogP contribution is -2.29. The summed E-state index contributed by atoms with van der Waals surface area (Å²) in [4.78, 5) is 37.3. The third-order valence-corrected chi connectivity index (χ3v) is 6.05. The number of anilines is 1. The Hall–Kier alpha value is -3.71. The highest BCUT2D eigenvalue weighted by Crippen LogP contribution is 2.28. The Morgan fingerprint density at radius 3 is 2.42 bits per heavy atom. The van der Waals surface area contributed by atoms with Gasteiger partial charge in [-0.3, -0.25) is 19.0 Å². The monoisotopic (exact) mass is 462 g/mol. The highest BCUT2D eigenvalue weighted by atomic mass is 35.5. The fraction of sp³-hybridized carbons (Fsp3) is 0.200. The summed E-state index contributed by atoms with van der Waals surface area (Å²) < 4.78 is 3.09. The van der Waals surface area contributed by atoms with Crippen molar-refractivity contribution in [3.05, 3.63) is 86.3 Å². The molecule has 4 aromatic rings. The van der Waals surface area contributed by atoms with E-state index in [-0.39, 0.29) is 23.8 Å². The number of nitrogens with zero attached hydrogens (tertiary/aromatic N) is 3. The minimum absolute atomic E-state index is 0.0542. The smallest absolute Gasteiger partial charge is 0.252 e. The van der Waals surface area contributed by atoms with Crippen molar-refractivity contribution < 1.29 is 9.59 Å². The first-order valence-corrected chi connectivity index (χ1v) is 10.8. The topological polar surface area (TPSA) is 86.0 Å². The molecular weight excluding hydrogens is 440 g/mol. The van der Waals surface area contributed by atoms with Crippen LogP contribution in [0.2, 0.25) is 5.02 Å². The van der Waals surface area contributed by atoms with Crippen molar-refractivity contribution in [3.63, 3.8) is 0 Å². The number of hydrogen-bond donors (Lipinski definition) is 1. The van der Waals surface area contributed by atoms with Crippen molar-refractivity contribution in [2.45, 2.75) is 34.2 Å². The molecular formula is C25H23ClN4O3. The van der Waals surface area contributed by atoms with Gasteiger partial charge in [-0.1, -0.05) is 17.7 Å². The quantitative estimate of drug-likeness (QED) is 0.439. The molecule has 0 spiro atoms. The van der Waals surface area contributed by atoms with Crippen LogP contribution in [-0.4, -0.2) is 26.0 Å². The van der Waals surface area contributed by atoms with Gasteiger partial charge in [-0.2, -0.15) is 5.10 Å². The van der Waals surface area contributed by atoms with Crippen LogP contribution in [0.15, 0.2) is 53.3 Å². The van der Waals surface area contributed by atoms with Crippen molar-refractivity contribution in [1.29, 1.82) is 0 Å². The molecule has 168 valence electrons. The van der Waals surface area contributed by atoms with Crippen molar-refractivity contribution in [3.8, 4) is 5.69 Å². The number of carbonyl (C=O) groups is 2. The van der Waals surface area contributed by atoms with E-state index in [9.17, 15) is 14.4 Å². The van der Waals surface area contributed by atoms with E-state index in [4.69, 9.17) is 11.6 Å². The second-order valence-electron chi connectivity index (χ2n) is 8.01. The molecule has 2 aromatic heterocycles. The molecule has 0 saturated carbocycles. The van der Waals surface area contributed by atoms with Crippen molar-refractivity contribution in [2.75, 3.05) is 5.32 Å². The van der Waals surface area contributed by atoms with Crippen LogP contribution in [0.1, 0.15) is 34.1 Å². The number of pyridine rings is 1. The van der Waals surface area contributed by atoms with Gasteiger partial charge in [0.25, 0.3) is 5.56 Å². The van der Waals surface area contributed by atoms with E-state index < -0.39 is 0 Å². The van der Waals surface area contributed by atoms with Gasteiger partial charge in [0.15, 0.2) is 5.78 Å². The number of hydrogen-bond acceptors (Lipinski definition) is 4. The van der Waals surface area contributed by atoms with Gasteiger partial charge in [-0.05, 0) is 75.2 Å². The van der Waals surface area contributed by atoms with Crippen LogP contribution < -0.4 is 10.9 Å². The Bertz CT molecular complexity index is 1470. The lowest BCUT2D eigenvalue weighted by molar-refractivity contribution is -0.116. The zero-order valence-corrected chi connectivity index (χ0v) is 19.5. The number of fused-ring (bicyclic) bond motifs is 1. The molecule has 2 aromatic carbocycles. The number of halogens is 1. The predicted octanol–water partition coefficient (Wildman–Crippen LogP) is 4.61. The number of ketones is 1. The zero-order valence-electron chi connectivity index (χ0n) is 18.8. The lowest BCUT2D eigenvalue weighted by Gasteiger charge is -2.14. The Morgan fingerprint density at radius 1 is 1.06 bits per heavy atom. The number of nitrogens with one attached hydrogen (secondary N) is 1. The van der Waals surface area contributed by atoms with Gasteiger partial charge in [0.05, 0.1) is 11.4 Å². The summed E-state index contributed by atoms with van der Waals surface area (Å²) in [7, 11) is 0. The normalized spacial score (nSPS) is 11.1. The van der Waals surface area contributed by atoms with Crippen LogP contribution >= 0.6 is 11.6 Å². The number of aryl methyl sites for hydroxylation is 2. The average Bonchev–Trinajstić information content (AvgIpc) is 3.10. The second-order valence-corrected chi connectivity index (χ2v) is 8.42. The standard InChI is InChI=1S/C25H23ClN4O3/c1-14-12-23(33)29(13-22(32)27-19-10-8-18(9-11-19)17(4)31)25-24(14)16(3)28-30(25)21-7-5-6-20(26)15(21)2/h5-12H,13H2,1-4H3,(H,27,32). The van der Waals surface area contributed by atoms with Gasteiger partial charge in [0.1, 0.15) is 12.2 Å².